The normalized spacial score (nSPS) is 22.5. The molecule has 1 aromatic rings. The number of aromatic nitrogens is 2. The van der Waals surface area contributed by atoms with E-state index < -0.39 is 5.97 Å². The largest absolute Gasteiger partial charge is 0.481 e. The first-order valence-electron chi connectivity index (χ1n) is 8.30. The Hall–Kier alpha value is -1.54. The molecule has 2 aliphatic rings. The van der Waals surface area contributed by atoms with Crippen LogP contribution in [0.25, 0.3) is 0 Å². The zero-order valence-electron chi connectivity index (χ0n) is 13.8. The number of ether oxygens (including phenoxy) is 1. The highest BCUT2D eigenvalue weighted by molar-refractivity contribution is 7.99. The molecule has 2 saturated heterocycles. The number of hydrogen-bond donors (Lipinski definition) is 1. The van der Waals surface area contributed by atoms with Crippen LogP contribution in [0.2, 0.25) is 0 Å². The molecule has 0 spiro atoms. The Bertz CT molecular complexity index is 612. The molecule has 1 aromatic heterocycles. The summed E-state index contributed by atoms with van der Waals surface area (Å²) in [7, 11) is 0. The van der Waals surface area contributed by atoms with Crippen molar-refractivity contribution in [3.05, 3.63) is 17.5 Å². The van der Waals surface area contributed by atoms with Gasteiger partial charge in [0.1, 0.15) is 0 Å². The Morgan fingerprint density at radius 1 is 1.42 bits per heavy atom. The zero-order chi connectivity index (χ0) is 17.1. The quantitative estimate of drug-likeness (QED) is 0.885. The van der Waals surface area contributed by atoms with Crippen LogP contribution in [0.1, 0.15) is 41.4 Å². The summed E-state index contributed by atoms with van der Waals surface area (Å²) in [6.45, 7) is 3.94. The van der Waals surface area contributed by atoms with Crippen LogP contribution < -0.4 is 0 Å². The molecule has 7 nitrogen and oxygen atoms in total. The van der Waals surface area contributed by atoms with E-state index in [1.807, 2.05) is 11.6 Å². The van der Waals surface area contributed by atoms with E-state index in [2.05, 4.69) is 5.10 Å². The third-order valence-corrected chi connectivity index (χ3v) is 5.80. The molecular weight excluding hydrogens is 330 g/mol. The van der Waals surface area contributed by atoms with Crippen LogP contribution in [0.3, 0.4) is 0 Å². The van der Waals surface area contributed by atoms with Gasteiger partial charge in [0.15, 0.2) is 0 Å². The molecule has 0 saturated carbocycles. The van der Waals surface area contributed by atoms with Crippen LogP contribution in [0.4, 0.5) is 0 Å². The third-order valence-electron chi connectivity index (χ3n) is 4.71. The maximum absolute atomic E-state index is 13.0. The Labute approximate surface area is 145 Å². The minimum Gasteiger partial charge on any atom is -0.481 e. The van der Waals surface area contributed by atoms with Gasteiger partial charge in [-0.3, -0.25) is 14.3 Å². The van der Waals surface area contributed by atoms with E-state index in [0.29, 0.717) is 17.9 Å². The maximum Gasteiger partial charge on any atom is 0.305 e. The Balaban J connectivity index is 1.78. The molecule has 132 valence electrons. The fourth-order valence-electron chi connectivity index (χ4n) is 3.38. The Morgan fingerprint density at radius 3 is 2.88 bits per heavy atom. The first-order chi connectivity index (χ1) is 11.6. The van der Waals surface area contributed by atoms with E-state index >= 15 is 0 Å². The molecule has 1 N–H and O–H groups in total. The predicted octanol–water partition coefficient (Wildman–Crippen LogP) is 1.58. The number of nitrogens with zero attached hydrogens (tertiary/aromatic N) is 3. The maximum atomic E-state index is 13.0. The van der Waals surface area contributed by atoms with E-state index in [-0.39, 0.29) is 24.4 Å². The van der Waals surface area contributed by atoms with E-state index in [9.17, 15) is 9.59 Å². The molecule has 1 atom stereocenters. The molecule has 8 heteroatoms. The van der Waals surface area contributed by atoms with Crippen molar-refractivity contribution in [2.45, 2.75) is 38.3 Å². The number of carboxylic acids is 1. The highest BCUT2D eigenvalue weighted by Crippen LogP contribution is 2.26. The minimum atomic E-state index is -0.866. The molecule has 3 heterocycles. The van der Waals surface area contributed by atoms with Crippen molar-refractivity contribution in [3.63, 3.8) is 0 Å². The topological polar surface area (TPSA) is 84.7 Å². The summed E-state index contributed by atoms with van der Waals surface area (Å²) in [5.74, 6) is 0.549. The molecule has 1 amide bonds. The van der Waals surface area contributed by atoms with Gasteiger partial charge in [-0.1, -0.05) is 0 Å². The zero-order valence-corrected chi connectivity index (χ0v) is 14.6. The summed E-state index contributed by atoms with van der Waals surface area (Å²) in [4.78, 5) is 25.7. The van der Waals surface area contributed by atoms with Gasteiger partial charge in [0.05, 0.1) is 30.3 Å². The molecule has 24 heavy (non-hydrogen) atoms. The average molecular weight is 353 g/mol. The van der Waals surface area contributed by atoms with Crippen molar-refractivity contribution in [1.29, 1.82) is 0 Å². The van der Waals surface area contributed by atoms with Crippen molar-refractivity contribution < 1.29 is 19.4 Å². The van der Waals surface area contributed by atoms with Crippen molar-refractivity contribution in [1.82, 2.24) is 14.7 Å². The fraction of sp³-hybridized carbons (Fsp3) is 0.688. The number of thioether (sulfide) groups is 1. The molecule has 3 rings (SSSR count). The van der Waals surface area contributed by atoms with Crippen molar-refractivity contribution in [2.75, 3.05) is 31.3 Å². The smallest absolute Gasteiger partial charge is 0.305 e. The summed E-state index contributed by atoms with van der Waals surface area (Å²) in [5.41, 5.74) is 1.45. The van der Waals surface area contributed by atoms with E-state index in [1.165, 1.54) is 0 Å². The lowest BCUT2D eigenvalue weighted by Gasteiger charge is -2.34. The van der Waals surface area contributed by atoms with Gasteiger partial charge < -0.3 is 14.7 Å². The standard InChI is InChI=1S/C16H23N3O4S/c1-11-14(9-17-19(11)12-2-5-23-6-3-12)16(22)18-4-7-24-10-13(18)8-15(20)21/h9,12-13H,2-8,10H2,1H3,(H,20,21). The SMILES string of the molecule is Cc1c(C(=O)N2CCSCC2CC(=O)O)cnn1C1CCOCC1. The van der Waals surface area contributed by atoms with Gasteiger partial charge >= 0.3 is 5.97 Å². The van der Waals surface area contributed by atoms with Crippen LogP contribution in [-0.2, 0) is 9.53 Å². The summed E-state index contributed by atoms with van der Waals surface area (Å²) < 4.78 is 7.32. The van der Waals surface area contributed by atoms with Crippen molar-refractivity contribution in [2.24, 2.45) is 0 Å². The monoisotopic (exact) mass is 353 g/mol. The first-order valence-corrected chi connectivity index (χ1v) is 9.45. The van der Waals surface area contributed by atoms with Gasteiger partial charge in [-0.2, -0.15) is 16.9 Å². The number of carbonyl (C=O) groups is 2. The lowest BCUT2D eigenvalue weighted by atomic mass is 10.1. The Kier molecular flexibility index (Phi) is 5.45. The van der Waals surface area contributed by atoms with Gasteiger partial charge in [0.25, 0.3) is 5.91 Å². The summed E-state index contributed by atoms with van der Waals surface area (Å²) in [6, 6.07) is 0.0200. The van der Waals surface area contributed by atoms with Gasteiger partial charge in [-0.15, -0.1) is 0 Å². The molecule has 0 aliphatic carbocycles. The van der Waals surface area contributed by atoms with E-state index in [4.69, 9.17) is 9.84 Å². The average Bonchev–Trinajstić information content (AvgIpc) is 2.96. The molecule has 0 aromatic carbocycles. The summed E-state index contributed by atoms with van der Waals surface area (Å²) >= 11 is 1.70. The van der Waals surface area contributed by atoms with Crippen LogP contribution in [0.15, 0.2) is 6.20 Å². The lowest BCUT2D eigenvalue weighted by Crippen LogP contribution is -2.47. The Morgan fingerprint density at radius 2 is 2.17 bits per heavy atom. The molecule has 2 fully saturated rings. The highest BCUT2D eigenvalue weighted by Gasteiger charge is 2.32. The first kappa shape index (κ1) is 17.3. The summed E-state index contributed by atoms with van der Waals surface area (Å²) in [6.07, 6.45) is 3.43. The van der Waals surface area contributed by atoms with Crippen molar-refractivity contribution >= 4 is 23.6 Å². The number of rotatable bonds is 4. The highest BCUT2D eigenvalue weighted by atomic mass is 32.2. The molecule has 1 unspecified atom stereocenters. The van der Waals surface area contributed by atoms with Gasteiger partial charge in [-0.25, -0.2) is 0 Å². The second-order valence-corrected chi connectivity index (χ2v) is 7.41. The summed E-state index contributed by atoms with van der Waals surface area (Å²) in [5, 5.41) is 13.5. The second-order valence-electron chi connectivity index (χ2n) is 6.26. The molecule has 2 aliphatic heterocycles. The molecule has 0 radical (unpaired) electrons. The minimum absolute atomic E-state index is 0.00805. The van der Waals surface area contributed by atoms with Crippen LogP contribution in [-0.4, -0.2) is 69.0 Å². The molecular formula is C16H23N3O4S. The number of carbonyl (C=O) groups excluding carboxylic acids is 1. The van der Waals surface area contributed by atoms with Crippen LogP contribution in [0, 0.1) is 6.92 Å². The second kappa shape index (κ2) is 7.57. The van der Waals surface area contributed by atoms with Crippen LogP contribution >= 0.6 is 11.8 Å². The lowest BCUT2D eigenvalue weighted by molar-refractivity contribution is -0.138. The van der Waals surface area contributed by atoms with Gasteiger partial charge in [0, 0.05) is 37.0 Å². The van der Waals surface area contributed by atoms with Gasteiger partial charge in [0.2, 0.25) is 0 Å². The predicted molar refractivity (Wildman–Crippen MR) is 90.5 cm³/mol. The van der Waals surface area contributed by atoms with Crippen molar-refractivity contribution in [3.8, 4) is 0 Å². The molecule has 0 bridgehead atoms. The van der Waals surface area contributed by atoms with Gasteiger partial charge in [-0.05, 0) is 19.8 Å². The van der Waals surface area contributed by atoms with E-state index in [0.717, 1.165) is 37.5 Å². The number of carboxylic acid groups (broad SMARTS) is 1. The third kappa shape index (κ3) is 3.59. The number of aliphatic carboxylic acids is 1. The number of amides is 1. The number of hydrogen-bond acceptors (Lipinski definition) is 5. The van der Waals surface area contributed by atoms with Crippen LogP contribution in [0.5, 0.6) is 0 Å². The fourth-order valence-corrected chi connectivity index (χ4v) is 4.44. The van der Waals surface area contributed by atoms with E-state index in [1.54, 1.807) is 22.9 Å².